The Morgan fingerprint density at radius 3 is 2.50 bits per heavy atom. The number of urea groups is 1. The van der Waals surface area contributed by atoms with Gasteiger partial charge >= 0.3 is 6.03 Å². The first-order valence-electron chi connectivity index (χ1n) is 4.86. The van der Waals surface area contributed by atoms with Crippen molar-refractivity contribution >= 4 is 11.7 Å². The lowest BCUT2D eigenvalue weighted by atomic mass is 10.3. The zero-order chi connectivity index (χ0) is 11.5. The molecule has 0 unspecified atom stereocenters. The van der Waals surface area contributed by atoms with Crippen LogP contribution in [0.3, 0.4) is 0 Å². The molecule has 5 heteroatoms. The molecule has 1 aromatic rings. The van der Waals surface area contributed by atoms with Crippen LogP contribution in [-0.2, 0) is 0 Å². The molecular weight excluding hydrogens is 206 g/mol. The smallest absolute Gasteiger partial charge is 0.320 e. The van der Waals surface area contributed by atoms with E-state index in [9.17, 15) is 4.79 Å². The number of benzene rings is 1. The minimum absolute atomic E-state index is 0.446. The van der Waals surface area contributed by atoms with Crippen LogP contribution in [0.2, 0.25) is 0 Å². The lowest BCUT2D eigenvalue weighted by Crippen LogP contribution is -2.34. The summed E-state index contributed by atoms with van der Waals surface area (Å²) in [6.07, 6.45) is 3.47. The molecule has 0 saturated carbocycles. The third-order valence-corrected chi connectivity index (χ3v) is 2.42. The van der Waals surface area contributed by atoms with Crippen LogP contribution in [0.1, 0.15) is 0 Å². The number of amides is 2. The number of nitrogens with zero attached hydrogens (tertiary/aromatic N) is 2. The van der Waals surface area contributed by atoms with E-state index < -0.39 is 6.03 Å². The number of hydrogen-bond donors (Lipinski definition) is 1. The first-order chi connectivity index (χ1) is 7.70. The van der Waals surface area contributed by atoms with Crippen LogP contribution < -0.4 is 15.4 Å². The third kappa shape index (κ3) is 1.93. The predicted molar refractivity (Wildman–Crippen MR) is 60.9 cm³/mol. The lowest BCUT2D eigenvalue weighted by Gasteiger charge is -2.18. The van der Waals surface area contributed by atoms with E-state index in [2.05, 4.69) is 0 Å². The van der Waals surface area contributed by atoms with Gasteiger partial charge in [0.1, 0.15) is 12.4 Å². The predicted octanol–water partition coefficient (Wildman–Crippen LogP) is 1.32. The van der Waals surface area contributed by atoms with E-state index in [1.807, 2.05) is 35.4 Å². The summed E-state index contributed by atoms with van der Waals surface area (Å²) >= 11 is 0. The van der Waals surface area contributed by atoms with Crippen molar-refractivity contribution in [3.8, 4) is 5.75 Å². The fourth-order valence-corrected chi connectivity index (χ4v) is 1.50. The van der Waals surface area contributed by atoms with Gasteiger partial charge in [0.25, 0.3) is 0 Å². The second-order valence-electron chi connectivity index (χ2n) is 3.42. The Morgan fingerprint density at radius 2 is 2.00 bits per heavy atom. The molecule has 0 saturated heterocycles. The van der Waals surface area contributed by atoms with Gasteiger partial charge in [-0.3, -0.25) is 4.90 Å². The molecule has 1 aliphatic rings. The number of ether oxygens (including phenoxy) is 1. The quantitative estimate of drug-likeness (QED) is 0.816. The van der Waals surface area contributed by atoms with E-state index in [0.29, 0.717) is 6.67 Å². The maximum Gasteiger partial charge on any atom is 0.320 e. The molecule has 0 spiro atoms. The van der Waals surface area contributed by atoms with Crippen LogP contribution in [0.15, 0.2) is 36.7 Å². The molecule has 2 rings (SSSR count). The van der Waals surface area contributed by atoms with Crippen molar-refractivity contribution in [2.24, 2.45) is 5.73 Å². The zero-order valence-corrected chi connectivity index (χ0v) is 8.96. The van der Waals surface area contributed by atoms with E-state index in [0.717, 1.165) is 11.4 Å². The highest BCUT2D eigenvalue weighted by Crippen LogP contribution is 2.22. The van der Waals surface area contributed by atoms with E-state index in [-0.39, 0.29) is 0 Å². The molecule has 5 nitrogen and oxygen atoms in total. The average Bonchev–Trinajstić information content (AvgIpc) is 2.78. The highest BCUT2D eigenvalue weighted by molar-refractivity contribution is 5.74. The molecule has 0 atom stereocenters. The summed E-state index contributed by atoms with van der Waals surface area (Å²) < 4.78 is 5.07. The number of nitrogens with two attached hydrogens (primary N) is 1. The Bertz CT molecular complexity index is 414. The number of anilines is 1. The average molecular weight is 219 g/mol. The summed E-state index contributed by atoms with van der Waals surface area (Å²) in [4.78, 5) is 14.3. The molecule has 2 N–H and O–H groups in total. The van der Waals surface area contributed by atoms with Crippen LogP contribution in [0.4, 0.5) is 10.5 Å². The largest absolute Gasteiger partial charge is 0.497 e. The molecule has 1 aromatic carbocycles. The van der Waals surface area contributed by atoms with E-state index in [1.54, 1.807) is 13.3 Å². The maximum absolute atomic E-state index is 10.9. The Morgan fingerprint density at radius 1 is 1.31 bits per heavy atom. The van der Waals surface area contributed by atoms with Crippen LogP contribution in [0, 0.1) is 0 Å². The zero-order valence-electron chi connectivity index (χ0n) is 8.96. The van der Waals surface area contributed by atoms with Crippen molar-refractivity contribution in [3.63, 3.8) is 0 Å². The molecule has 0 fully saturated rings. The molecule has 0 aliphatic carbocycles. The molecule has 0 radical (unpaired) electrons. The van der Waals surface area contributed by atoms with Crippen molar-refractivity contribution in [3.05, 3.63) is 36.7 Å². The standard InChI is InChI=1S/C11H13N3O2/c1-16-10-4-2-9(3-5-10)13-6-7-14(8-13)11(12)15/h2-7H,8H2,1H3,(H2,12,15). The van der Waals surface area contributed by atoms with E-state index >= 15 is 0 Å². The highest BCUT2D eigenvalue weighted by Gasteiger charge is 2.16. The SMILES string of the molecule is COc1ccc(N2C=CN(C(N)=O)C2)cc1. The normalized spacial score (nSPS) is 14.3. The summed E-state index contributed by atoms with van der Waals surface area (Å²) in [6.45, 7) is 0.446. The second-order valence-corrected chi connectivity index (χ2v) is 3.42. The van der Waals surface area contributed by atoms with Crippen molar-refractivity contribution in [2.75, 3.05) is 18.7 Å². The summed E-state index contributed by atoms with van der Waals surface area (Å²) in [5, 5.41) is 0. The van der Waals surface area contributed by atoms with Crippen molar-refractivity contribution in [2.45, 2.75) is 0 Å². The lowest BCUT2D eigenvalue weighted by molar-refractivity contribution is 0.227. The number of carbonyl (C=O) groups excluding carboxylic acids is 1. The highest BCUT2D eigenvalue weighted by atomic mass is 16.5. The van der Waals surface area contributed by atoms with Gasteiger partial charge in [-0.15, -0.1) is 0 Å². The number of carbonyl (C=O) groups is 1. The van der Waals surface area contributed by atoms with Crippen LogP contribution >= 0.6 is 0 Å². The van der Waals surface area contributed by atoms with Gasteiger partial charge in [0.15, 0.2) is 0 Å². The van der Waals surface area contributed by atoms with Gasteiger partial charge in [-0.1, -0.05) is 0 Å². The third-order valence-electron chi connectivity index (χ3n) is 2.42. The van der Waals surface area contributed by atoms with Crippen LogP contribution in [-0.4, -0.2) is 24.7 Å². The topological polar surface area (TPSA) is 58.8 Å². The van der Waals surface area contributed by atoms with E-state index in [1.165, 1.54) is 4.90 Å². The fraction of sp³-hybridized carbons (Fsp3) is 0.182. The van der Waals surface area contributed by atoms with Gasteiger partial charge in [0.2, 0.25) is 0 Å². The van der Waals surface area contributed by atoms with Gasteiger partial charge in [-0.2, -0.15) is 0 Å². The van der Waals surface area contributed by atoms with Gasteiger partial charge < -0.3 is 15.4 Å². The molecule has 0 aromatic heterocycles. The summed E-state index contributed by atoms with van der Waals surface area (Å²) in [5.74, 6) is 0.804. The van der Waals surface area contributed by atoms with Gasteiger partial charge in [0.05, 0.1) is 7.11 Å². The minimum atomic E-state index is -0.452. The Labute approximate surface area is 93.7 Å². The number of hydrogen-bond acceptors (Lipinski definition) is 3. The van der Waals surface area contributed by atoms with E-state index in [4.69, 9.17) is 10.5 Å². The minimum Gasteiger partial charge on any atom is -0.497 e. The van der Waals surface area contributed by atoms with Gasteiger partial charge in [0, 0.05) is 18.1 Å². The second kappa shape index (κ2) is 4.14. The first-order valence-corrected chi connectivity index (χ1v) is 4.86. The number of methoxy groups -OCH3 is 1. The van der Waals surface area contributed by atoms with Crippen molar-refractivity contribution in [1.82, 2.24) is 4.90 Å². The molecular formula is C11H13N3O2. The first kappa shape index (κ1) is 10.4. The van der Waals surface area contributed by atoms with Gasteiger partial charge in [-0.05, 0) is 24.3 Å². The number of primary amides is 1. The van der Waals surface area contributed by atoms with Crippen LogP contribution in [0.5, 0.6) is 5.75 Å². The molecule has 16 heavy (non-hydrogen) atoms. The maximum atomic E-state index is 10.9. The van der Waals surface area contributed by atoms with Crippen molar-refractivity contribution in [1.29, 1.82) is 0 Å². The Hall–Kier alpha value is -2.17. The molecule has 1 aliphatic heterocycles. The Kier molecular flexibility index (Phi) is 2.68. The molecule has 1 heterocycles. The number of rotatable bonds is 2. The monoisotopic (exact) mass is 219 g/mol. The van der Waals surface area contributed by atoms with Gasteiger partial charge in [-0.25, -0.2) is 4.79 Å². The van der Waals surface area contributed by atoms with Crippen molar-refractivity contribution < 1.29 is 9.53 Å². The van der Waals surface area contributed by atoms with Crippen LogP contribution in [0.25, 0.3) is 0 Å². The molecule has 84 valence electrons. The molecule has 2 amide bonds. The Balaban J connectivity index is 2.09. The summed E-state index contributed by atoms with van der Waals surface area (Å²) in [7, 11) is 1.62. The summed E-state index contributed by atoms with van der Waals surface area (Å²) in [5.41, 5.74) is 6.16. The fourth-order valence-electron chi connectivity index (χ4n) is 1.50. The molecule has 0 bridgehead atoms. The summed E-state index contributed by atoms with van der Waals surface area (Å²) in [6, 6.07) is 7.14.